The van der Waals surface area contributed by atoms with Gasteiger partial charge in [0.25, 0.3) is 5.91 Å². The number of para-hydroxylation sites is 2. The van der Waals surface area contributed by atoms with Gasteiger partial charge in [-0.3, -0.25) is 9.59 Å². The predicted molar refractivity (Wildman–Crippen MR) is 117 cm³/mol. The van der Waals surface area contributed by atoms with Gasteiger partial charge in [-0.05, 0) is 55.5 Å². The minimum Gasteiger partial charge on any atom is -0.485 e. The molecule has 0 aliphatic carbocycles. The van der Waals surface area contributed by atoms with Gasteiger partial charge in [-0.15, -0.1) is 0 Å². The third-order valence-electron chi connectivity index (χ3n) is 5.21. The molecular formula is C22H23N3O4S. The molecule has 8 heteroatoms. The van der Waals surface area contributed by atoms with Crippen LogP contribution in [0.3, 0.4) is 0 Å². The van der Waals surface area contributed by atoms with Crippen LogP contribution in [0, 0.1) is 0 Å². The number of carbonyl (C=O) groups is 2. The number of hydrogen-bond acceptors (Lipinski definition) is 5. The molecule has 2 aromatic rings. The zero-order valence-corrected chi connectivity index (χ0v) is 17.5. The molecule has 7 nitrogen and oxygen atoms in total. The van der Waals surface area contributed by atoms with Crippen molar-refractivity contribution in [2.24, 2.45) is 0 Å². The Hall–Kier alpha value is -3.13. The van der Waals surface area contributed by atoms with Crippen LogP contribution in [-0.4, -0.2) is 65.5 Å². The van der Waals surface area contributed by atoms with Crippen LogP contribution in [0.2, 0.25) is 0 Å². The zero-order valence-electron chi connectivity index (χ0n) is 16.7. The Morgan fingerprint density at radius 1 is 0.967 bits per heavy atom. The lowest BCUT2D eigenvalue weighted by atomic mass is 10.1. The van der Waals surface area contributed by atoms with Crippen molar-refractivity contribution in [3.05, 3.63) is 54.1 Å². The van der Waals surface area contributed by atoms with Gasteiger partial charge in [0.15, 0.2) is 22.4 Å². The van der Waals surface area contributed by atoms with E-state index in [1.807, 2.05) is 35.2 Å². The van der Waals surface area contributed by atoms with Crippen LogP contribution in [0.25, 0.3) is 0 Å². The number of thiocarbonyl (C=S) groups is 1. The maximum atomic E-state index is 12.8. The molecule has 156 valence electrons. The van der Waals surface area contributed by atoms with Crippen molar-refractivity contribution >= 4 is 34.7 Å². The largest absolute Gasteiger partial charge is 0.485 e. The highest BCUT2D eigenvalue weighted by Crippen LogP contribution is 2.31. The number of ketones is 1. The van der Waals surface area contributed by atoms with Gasteiger partial charge in [0, 0.05) is 37.4 Å². The number of rotatable bonds is 3. The quantitative estimate of drug-likeness (QED) is 0.599. The molecular weight excluding hydrogens is 402 g/mol. The topological polar surface area (TPSA) is 71.1 Å². The van der Waals surface area contributed by atoms with E-state index >= 15 is 0 Å². The first-order valence-corrected chi connectivity index (χ1v) is 10.3. The van der Waals surface area contributed by atoms with Crippen LogP contribution >= 0.6 is 12.2 Å². The van der Waals surface area contributed by atoms with E-state index in [9.17, 15) is 9.59 Å². The lowest BCUT2D eigenvalue weighted by molar-refractivity contribution is -0.142. The second-order valence-electron chi connectivity index (χ2n) is 7.24. The number of hydrogen-bond donors (Lipinski definition) is 1. The molecule has 1 N–H and O–H groups in total. The molecule has 1 amide bonds. The van der Waals surface area contributed by atoms with E-state index in [-0.39, 0.29) is 18.3 Å². The number of nitrogens with zero attached hydrogens (tertiary/aromatic N) is 2. The lowest BCUT2D eigenvalue weighted by Crippen LogP contribution is -2.55. The monoisotopic (exact) mass is 425 g/mol. The minimum atomic E-state index is -0.628. The standard InChI is InChI=1S/C22H23N3O4S/c1-15(26)16-6-8-17(9-7-16)23-22(30)25-12-10-24(11-13-25)21(27)20-14-28-18-4-2-3-5-19(18)29-20/h2-9,20H,10-14H2,1H3,(H,23,30). The second-order valence-corrected chi connectivity index (χ2v) is 7.63. The summed E-state index contributed by atoms with van der Waals surface area (Å²) in [7, 11) is 0. The smallest absolute Gasteiger partial charge is 0.267 e. The van der Waals surface area contributed by atoms with Crippen molar-refractivity contribution in [1.29, 1.82) is 0 Å². The van der Waals surface area contributed by atoms with Crippen LogP contribution in [0.15, 0.2) is 48.5 Å². The summed E-state index contributed by atoms with van der Waals surface area (Å²) in [4.78, 5) is 28.1. The third-order valence-corrected chi connectivity index (χ3v) is 5.57. The number of Topliss-reactive ketones (excluding diaryl/α,β-unsaturated/α-hetero) is 1. The molecule has 2 heterocycles. The number of anilines is 1. The van der Waals surface area contributed by atoms with Gasteiger partial charge in [-0.1, -0.05) is 12.1 Å². The van der Waals surface area contributed by atoms with E-state index in [0.717, 1.165) is 5.69 Å². The molecule has 0 saturated carbocycles. The van der Waals surface area contributed by atoms with Crippen molar-refractivity contribution < 1.29 is 19.1 Å². The van der Waals surface area contributed by atoms with Crippen molar-refractivity contribution in [3.8, 4) is 11.5 Å². The average molecular weight is 426 g/mol. The number of piperazine rings is 1. The van der Waals surface area contributed by atoms with Crippen molar-refractivity contribution in [1.82, 2.24) is 9.80 Å². The van der Waals surface area contributed by atoms with Crippen molar-refractivity contribution in [2.75, 3.05) is 38.1 Å². The summed E-state index contributed by atoms with van der Waals surface area (Å²) in [6.45, 7) is 4.14. The van der Waals surface area contributed by atoms with Crippen LogP contribution in [0.1, 0.15) is 17.3 Å². The van der Waals surface area contributed by atoms with Crippen molar-refractivity contribution in [2.45, 2.75) is 13.0 Å². The van der Waals surface area contributed by atoms with Gasteiger partial charge < -0.3 is 24.6 Å². The highest BCUT2D eigenvalue weighted by molar-refractivity contribution is 7.80. The molecule has 1 fully saturated rings. The van der Waals surface area contributed by atoms with E-state index in [1.54, 1.807) is 23.1 Å². The Balaban J connectivity index is 1.28. The Kier molecular flexibility index (Phi) is 5.85. The number of nitrogens with one attached hydrogen (secondary N) is 1. The highest BCUT2D eigenvalue weighted by Gasteiger charge is 2.33. The summed E-state index contributed by atoms with van der Waals surface area (Å²) in [5, 5.41) is 3.79. The maximum Gasteiger partial charge on any atom is 0.267 e. The first-order chi connectivity index (χ1) is 14.5. The molecule has 2 aliphatic heterocycles. The summed E-state index contributed by atoms with van der Waals surface area (Å²) in [6.07, 6.45) is -0.628. The van der Waals surface area contributed by atoms with Gasteiger partial charge in [0.05, 0.1) is 0 Å². The first kappa shape index (κ1) is 20.2. The Labute approximate surface area is 180 Å². The summed E-state index contributed by atoms with van der Waals surface area (Å²) < 4.78 is 11.5. The molecule has 1 saturated heterocycles. The molecule has 30 heavy (non-hydrogen) atoms. The summed E-state index contributed by atoms with van der Waals surface area (Å²) in [6, 6.07) is 14.6. The molecule has 4 rings (SSSR count). The Morgan fingerprint density at radius 2 is 1.60 bits per heavy atom. The van der Waals surface area contributed by atoms with E-state index < -0.39 is 6.10 Å². The van der Waals surface area contributed by atoms with Gasteiger partial charge in [0.1, 0.15) is 6.61 Å². The summed E-state index contributed by atoms with van der Waals surface area (Å²) >= 11 is 5.51. The van der Waals surface area contributed by atoms with Crippen molar-refractivity contribution in [3.63, 3.8) is 0 Å². The Morgan fingerprint density at radius 3 is 2.27 bits per heavy atom. The number of ether oxygens (including phenoxy) is 2. The normalized spacial score (nSPS) is 18.0. The third kappa shape index (κ3) is 4.38. The van der Waals surface area contributed by atoms with Gasteiger partial charge in [-0.25, -0.2) is 0 Å². The second kappa shape index (κ2) is 8.71. The van der Waals surface area contributed by atoms with E-state index in [2.05, 4.69) is 5.32 Å². The number of benzene rings is 2. The fourth-order valence-electron chi connectivity index (χ4n) is 3.47. The summed E-state index contributed by atoms with van der Waals surface area (Å²) in [5.74, 6) is 1.23. The molecule has 1 atom stereocenters. The molecule has 1 unspecified atom stereocenters. The fraction of sp³-hybridized carbons (Fsp3) is 0.318. The van der Waals surface area contributed by atoms with Crippen LogP contribution in [0.5, 0.6) is 11.5 Å². The average Bonchev–Trinajstić information content (AvgIpc) is 2.78. The molecule has 0 aromatic heterocycles. The predicted octanol–water partition coefficient (Wildman–Crippen LogP) is 2.57. The molecule has 2 aromatic carbocycles. The highest BCUT2D eigenvalue weighted by atomic mass is 32.1. The Bertz CT molecular complexity index is 955. The number of fused-ring (bicyclic) bond motifs is 1. The molecule has 0 radical (unpaired) electrons. The maximum absolute atomic E-state index is 12.8. The van der Waals surface area contributed by atoms with Crippen LogP contribution in [0.4, 0.5) is 5.69 Å². The minimum absolute atomic E-state index is 0.0285. The van der Waals surface area contributed by atoms with Crippen LogP contribution < -0.4 is 14.8 Å². The SMILES string of the molecule is CC(=O)c1ccc(NC(=S)N2CCN(C(=O)C3COc4ccccc4O3)CC2)cc1. The summed E-state index contributed by atoms with van der Waals surface area (Å²) in [5.41, 5.74) is 1.49. The van der Waals surface area contributed by atoms with E-state index in [1.165, 1.54) is 6.92 Å². The van der Waals surface area contributed by atoms with Crippen LogP contribution in [-0.2, 0) is 4.79 Å². The fourth-order valence-corrected chi connectivity index (χ4v) is 3.77. The lowest BCUT2D eigenvalue weighted by Gasteiger charge is -2.38. The molecule has 2 aliphatic rings. The van der Waals surface area contributed by atoms with E-state index in [0.29, 0.717) is 48.4 Å². The van der Waals surface area contributed by atoms with Gasteiger partial charge >= 0.3 is 0 Å². The van der Waals surface area contributed by atoms with E-state index in [4.69, 9.17) is 21.7 Å². The molecule has 0 spiro atoms. The number of carbonyl (C=O) groups excluding carboxylic acids is 2. The van der Waals surface area contributed by atoms with Gasteiger partial charge in [0.2, 0.25) is 6.10 Å². The first-order valence-electron chi connectivity index (χ1n) is 9.85. The zero-order chi connectivity index (χ0) is 21.1. The van der Waals surface area contributed by atoms with Gasteiger partial charge in [-0.2, -0.15) is 0 Å². The number of amides is 1. The molecule has 0 bridgehead atoms.